The first kappa shape index (κ1) is 33.1. The van der Waals surface area contributed by atoms with E-state index in [1.165, 1.54) is 22.5 Å². The van der Waals surface area contributed by atoms with E-state index in [9.17, 15) is 22.0 Å². The molecule has 2 heterocycles. The first-order valence-electron chi connectivity index (χ1n) is 15.2. The van der Waals surface area contributed by atoms with Crippen molar-refractivity contribution in [3.05, 3.63) is 95.3 Å². The molecular weight excluding hydrogens is 605 g/mol. The third-order valence-corrected chi connectivity index (χ3v) is 10.9. The zero-order chi connectivity index (χ0) is 32.1. The van der Waals surface area contributed by atoms with Crippen LogP contribution in [0.25, 0.3) is 0 Å². The molecule has 2 aliphatic heterocycles. The molecule has 0 bridgehead atoms. The molecule has 0 radical (unpaired) electrons. The van der Waals surface area contributed by atoms with Gasteiger partial charge in [-0.05, 0) is 80.5 Å². The van der Waals surface area contributed by atoms with Crippen molar-refractivity contribution in [2.75, 3.05) is 31.6 Å². The third kappa shape index (κ3) is 7.41. The number of nitrogens with two attached hydrogens (primary N) is 1. The number of hydrogen-bond donors (Lipinski definition) is 3. The maximum absolute atomic E-state index is 15.3. The number of nitrogens with one attached hydrogen (secondary N) is 2. The highest BCUT2D eigenvalue weighted by atomic mass is 32.2. The molecule has 1 amide bonds. The Morgan fingerprint density at radius 1 is 1.00 bits per heavy atom. The average molecular weight is 645 g/mol. The van der Waals surface area contributed by atoms with E-state index in [4.69, 9.17) is 10.5 Å². The number of ether oxygens (including phenoxy) is 1. The van der Waals surface area contributed by atoms with Crippen LogP contribution in [0.2, 0.25) is 0 Å². The molecular formula is C33H39F3N4O4S. The van der Waals surface area contributed by atoms with Gasteiger partial charge in [0, 0.05) is 55.6 Å². The number of carbonyl (C=O) groups is 1. The minimum Gasteiger partial charge on any atom is -0.381 e. The highest BCUT2D eigenvalue weighted by Crippen LogP contribution is 2.36. The number of hydrogen-bond acceptors (Lipinski definition) is 6. The number of rotatable bonds is 10. The van der Waals surface area contributed by atoms with E-state index < -0.39 is 51.4 Å². The summed E-state index contributed by atoms with van der Waals surface area (Å²) in [7, 11) is -3.81. The maximum Gasteiger partial charge on any atom is 0.243 e. The lowest BCUT2D eigenvalue weighted by Gasteiger charge is -2.40. The minimum absolute atomic E-state index is 0.116. The van der Waals surface area contributed by atoms with E-state index in [-0.39, 0.29) is 34.5 Å². The van der Waals surface area contributed by atoms with Gasteiger partial charge >= 0.3 is 0 Å². The summed E-state index contributed by atoms with van der Waals surface area (Å²) < 4.78 is 77.5. The third-order valence-electron chi connectivity index (χ3n) is 8.83. The van der Waals surface area contributed by atoms with Crippen LogP contribution in [-0.4, -0.2) is 63.1 Å². The predicted molar refractivity (Wildman–Crippen MR) is 166 cm³/mol. The van der Waals surface area contributed by atoms with Gasteiger partial charge in [-0.2, -0.15) is 4.31 Å². The van der Waals surface area contributed by atoms with Gasteiger partial charge in [0.2, 0.25) is 15.9 Å². The second kappa shape index (κ2) is 14.4. The molecule has 45 heavy (non-hydrogen) atoms. The lowest BCUT2D eigenvalue weighted by atomic mass is 9.76. The molecule has 5 rings (SSSR count). The molecule has 242 valence electrons. The summed E-state index contributed by atoms with van der Waals surface area (Å²) in [5.74, 6) is -3.91. The van der Waals surface area contributed by atoms with Crippen molar-refractivity contribution in [3.63, 3.8) is 0 Å². The number of anilines is 1. The first-order chi connectivity index (χ1) is 21.6. The largest absolute Gasteiger partial charge is 0.381 e. The number of sulfonamides is 1. The fraction of sp³-hybridized carbons (Fsp3) is 0.424. The van der Waals surface area contributed by atoms with Crippen LogP contribution in [-0.2, 0) is 26.0 Å². The SMILES string of the molecule is C[C@@H]1CNC[C@H](CCc2c(F)cccc2NC(=O)[C@@H](N)[C@@H](c2ccc(F)c(F)c2)C2CCOCC2)N1S(=O)(=O)c1ccccc1. The second-order valence-electron chi connectivity index (χ2n) is 11.8. The van der Waals surface area contributed by atoms with Crippen molar-refractivity contribution in [1.82, 2.24) is 9.62 Å². The number of nitrogens with zero attached hydrogens (tertiary/aromatic N) is 1. The summed E-state index contributed by atoms with van der Waals surface area (Å²) in [4.78, 5) is 13.8. The van der Waals surface area contributed by atoms with Crippen LogP contribution >= 0.6 is 0 Å². The van der Waals surface area contributed by atoms with Gasteiger partial charge in [0.15, 0.2) is 11.6 Å². The Hall–Kier alpha value is -3.29. The van der Waals surface area contributed by atoms with Crippen LogP contribution in [0.4, 0.5) is 18.9 Å². The van der Waals surface area contributed by atoms with Crippen molar-refractivity contribution in [2.45, 2.75) is 61.5 Å². The Morgan fingerprint density at radius 3 is 2.44 bits per heavy atom. The van der Waals surface area contributed by atoms with E-state index in [1.54, 1.807) is 36.4 Å². The van der Waals surface area contributed by atoms with Crippen molar-refractivity contribution in [1.29, 1.82) is 0 Å². The highest BCUT2D eigenvalue weighted by molar-refractivity contribution is 7.89. The minimum atomic E-state index is -3.81. The number of carbonyl (C=O) groups excluding carboxylic acids is 1. The van der Waals surface area contributed by atoms with Crippen LogP contribution in [0.1, 0.15) is 43.2 Å². The summed E-state index contributed by atoms with van der Waals surface area (Å²) in [5.41, 5.74) is 7.38. The summed E-state index contributed by atoms with van der Waals surface area (Å²) in [6, 6.07) is 14.1. The molecule has 0 spiro atoms. The normalized spacial score (nSPS) is 21.3. The molecule has 0 aliphatic carbocycles. The van der Waals surface area contributed by atoms with Gasteiger partial charge in [0.1, 0.15) is 5.82 Å². The fourth-order valence-corrected chi connectivity index (χ4v) is 8.43. The van der Waals surface area contributed by atoms with Crippen molar-refractivity contribution >= 4 is 21.6 Å². The Morgan fingerprint density at radius 2 is 1.73 bits per heavy atom. The molecule has 2 saturated heterocycles. The Kier molecular flexibility index (Phi) is 10.6. The molecule has 3 aromatic carbocycles. The number of piperazine rings is 1. The van der Waals surface area contributed by atoms with Gasteiger partial charge in [0.25, 0.3) is 0 Å². The fourth-order valence-electron chi connectivity index (χ4n) is 6.56. The van der Waals surface area contributed by atoms with Crippen molar-refractivity contribution in [2.24, 2.45) is 11.7 Å². The van der Waals surface area contributed by atoms with E-state index >= 15 is 4.39 Å². The van der Waals surface area contributed by atoms with E-state index in [0.717, 1.165) is 12.1 Å². The molecule has 0 saturated carbocycles. The van der Waals surface area contributed by atoms with Crippen LogP contribution in [0.3, 0.4) is 0 Å². The zero-order valence-corrected chi connectivity index (χ0v) is 25.9. The Balaban J connectivity index is 1.36. The monoisotopic (exact) mass is 644 g/mol. The number of benzene rings is 3. The van der Waals surface area contributed by atoms with Crippen LogP contribution in [0, 0.1) is 23.4 Å². The molecule has 2 aliphatic rings. The Labute approximate surface area is 262 Å². The summed E-state index contributed by atoms with van der Waals surface area (Å²) in [6.07, 6.45) is 1.61. The molecule has 12 heteroatoms. The van der Waals surface area contributed by atoms with E-state index in [1.807, 2.05) is 6.92 Å². The van der Waals surface area contributed by atoms with E-state index in [0.29, 0.717) is 51.1 Å². The van der Waals surface area contributed by atoms with Gasteiger partial charge in [0.05, 0.1) is 10.9 Å². The van der Waals surface area contributed by atoms with Crippen LogP contribution in [0.15, 0.2) is 71.6 Å². The molecule has 4 atom stereocenters. The quantitative estimate of drug-likeness (QED) is 0.298. The summed E-state index contributed by atoms with van der Waals surface area (Å²) in [5, 5.41) is 6.05. The van der Waals surface area contributed by atoms with Gasteiger partial charge in [-0.1, -0.05) is 30.3 Å². The molecule has 8 nitrogen and oxygen atoms in total. The lowest BCUT2D eigenvalue weighted by molar-refractivity contribution is -0.118. The number of amides is 1. The lowest BCUT2D eigenvalue weighted by Crippen LogP contribution is -2.58. The Bertz CT molecular complexity index is 1590. The molecule has 4 N–H and O–H groups in total. The van der Waals surface area contributed by atoms with Gasteiger partial charge in [-0.25, -0.2) is 21.6 Å². The number of halogens is 3. The van der Waals surface area contributed by atoms with Gasteiger partial charge < -0.3 is 21.1 Å². The topological polar surface area (TPSA) is 114 Å². The molecule has 3 aromatic rings. The molecule has 0 aromatic heterocycles. The van der Waals surface area contributed by atoms with Gasteiger partial charge in [-0.3, -0.25) is 4.79 Å². The summed E-state index contributed by atoms with van der Waals surface area (Å²) in [6.45, 7) is 3.61. The maximum atomic E-state index is 15.3. The zero-order valence-electron chi connectivity index (χ0n) is 25.1. The van der Waals surface area contributed by atoms with Crippen molar-refractivity contribution in [3.8, 4) is 0 Å². The van der Waals surface area contributed by atoms with Crippen molar-refractivity contribution < 1.29 is 31.1 Å². The summed E-state index contributed by atoms with van der Waals surface area (Å²) >= 11 is 0. The van der Waals surface area contributed by atoms with Gasteiger partial charge in [-0.15, -0.1) is 0 Å². The average Bonchev–Trinajstić information content (AvgIpc) is 3.03. The first-order valence-corrected chi connectivity index (χ1v) is 16.7. The highest BCUT2D eigenvalue weighted by Gasteiger charge is 2.38. The van der Waals surface area contributed by atoms with E-state index in [2.05, 4.69) is 10.6 Å². The molecule has 0 unspecified atom stereocenters. The smallest absolute Gasteiger partial charge is 0.243 e. The standard InChI is InChI=1S/C33H39F3N4O4S/c1-21-19-38-20-24(40(21)45(42,43)25-6-3-2-4-7-25)11-12-26-27(34)8-5-9-30(26)39-33(41)32(37)31(22-14-16-44-17-15-22)23-10-13-28(35)29(36)18-23/h2-10,13,18,21-22,24,31-32,38H,11-12,14-17,19-20,37H2,1H3,(H,39,41)/t21-,24+,31-,32+/m1/s1. The second-order valence-corrected chi connectivity index (χ2v) is 13.6. The van der Waals surface area contributed by atoms with Crippen LogP contribution < -0.4 is 16.4 Å². The van der Waals surface area contributed by atoms with Crippen LogP contribution in [0.5, 0.6) is 0 Å². The molecule has 2 fully saturated rings. The predicted octanol–water partition coefficient (Wildman–Crippen LogP) is 4.56.